The van der Waals surface area contributed by atoms with Crippen LogP contribution in [0.5, 0.6) is 5.75 Å². The SMILES string of the molecule is CCOc1ccc(-n2c(SCC(=O)NN=C(C)c3cccnc3)nnc2-c2ccccc2)cc1. The predicted molar refractivity (Wildman–Crippen MR) is 133 cm³/mol. The number of amides is 1. The van der Waals surface area contributed by atoms with Gasteiger partial charge >= 0.3 is 0 Å². The summed E-state index contributed by atoms with van der Waals surface area (Å²) in [4.78, 5) is 16.5. The molecule has 8 nitrogen and oxygen atoms in total. The number of carbonyl (C=O) groups excluding carboxylic acids is 1. The first-order valence-electron chi connectivity index (χ1n) is 10.8. The molecule has 0 aliphatic heterocycles. The molecule has 0 saturated carbocycles. The fraction of sp³-hybridized carbons (Fsp3) is 0.160. The summed E-state index contributed by atoms with van der Waals surface area (Å²) < 4.78 is 7.50. The van der Waals surface area contributed by atoms with E-state index in [2.05, 4.69) is 25.7 Å². The number of hydrazone groups is 1. The molecular weight excluding hydrogens is 448 g/mol. The van der Waals surface area contributed by atoms with Crippen molar-refractivity contribution in [3.63, 3.8) is 0 Å². The molecule has 0 fully saturated rings. The first-order chi connectivity index (χ1) is 16.7. The van der Waals surface area contributed by atoms with Gasteiger partial charge in [0.15, 0.2) is 11.0 Å². The van der Waals surface area contributed by atoms with Crippen LogP contribution in [-0.2, 0) is 4.79 Å². The van der Waals surface area contributed by atoms with Crippen LogP contribution >= 0.6 is 11.8 Å². The third-order valence-corrected chi connectivity index (χ3v) is 5.76. The highest BCUT2D eigenvalue weighted by Crippen LogP contribution is 2.28. The number of pyridine rings is 1. The Balaban J connectivity index is 1.53. The molecule has 1 amide bonds. The number of thioether (sulfide) groups is 1. The fourth-order valence-corrected chi connectivity index (χ4v) is 3.92. The summed E-state index contributed by atoms with van der Waals surface area (Å²) in [7, 11) is 0. The number of hydrogen-bond acceptors (Lipinski definition) is 7. The predicted octanol–water partition coefficient (Wildman–Crippen LogP) is 4.36. The van der Waals surface area contributed by atoms with Crippen LogP contribution in [0.4, 0.5) is 0 Å². The Morgan fingerprint density at radius 2 is 1.85 bits per heavy atom. The lowest BCUT2D eigenvalue weighted by atomic mass is 10.2. The van der Waals surface area contributed by atoms with Gasteiger partial charge in [-0.3, -0.25) is 14.3 Å². The van der Waals surface area contributed by atoms with Gasteiger partial charge in [-0.25, -0.2) is 5.43 Å². The monoisotopic (exact) mass is 472 g/mol. The Kier molecular flexibility index (Phi) is 7.67. The number of hydrogen-bond donors (Lipinski definition) is 1. The van der Waals surface area contributed by atoms with E-state index < -0.39 is 0 Å². The minimum Gasteiger partial charge on any atom is -0.494 e. The van der Waals surface area contributed by atoms with Crippen LogP contribution in [0, 0.1) is 0 Å². The number of rotatable bonds is 9. The van der Waals surface area contributed by atoms with Gasteiger partial charge in [-0.15, -0.1) is 10.2 Å². The fourth-order valence-electron chi connectivity index (χ4n) is 3.18. The maximum Gasteiger partial charge on any atom is 0.250 e. The number of carbonyl (C=O) groups is 1. The summed E-state index contributed by atoms with van der Waals surface area (Å²) in [5.74, 6) is 1.37. The van der Waals surface area contributed by atoms with Gasteiger partial charge in [0.1, 0.15) is 5.75 Å². The maximum absolute atomic E-state index is 12.5. The third-order valence-electron chi connectivity index (χ3n) is 4.83. The molecule has 4 aromatic rings. The van der Waals surface area contributed by atoms with Crippen LogP contribution in [0.1, 0.15) is 19.4 Å². The zero-order chi connectivity index (χ0) is 23.8. The molecule has 172 valence electrons. The maximum atomic E-state index is 12.5. The summed E-state index contributed by atoms with van der Waals surface area (Å²) in [6.45, 7) is 4.36. The van der Waals surface area contributed by atoms with E-state index in [4.69, 9.17) is 4.74 Å². The molecule has 0 radical (unpaired) electrons. The molecule has 0 spiro atoms. The van der Waals surface area contributed by atoms with Crippen LogP contribution < -0.4 is 10.2 Å². The molecule has 0 aliphatic carbocycles. The topological polar surface area (TPSA) is 94.3 Å². The van der Waals surface area contributed by atoms with E-state index in [9.17, 15) is 4.79 Å². The molecule has 2 aromatic carbocycles. The van der Waals surface area contributed by atoms with Gasteiger partial charge < -0.3 is 4.74 Å². The normalized spacial score (nSPS) is 11.3. The zero-order valence-electron chi connectivity index (χ0n) is 18.9. The highest BCUT2D eigenvalue weighted by atomic mass is 32.2. The highest BCUT2D eigenvalue weighted by Gasteiger charge is 2.17. The van der Waals surface area contributed by atoms with Crippen molar-refractivity contribution < 1.29 is 9.53 Å². The van der Waals surface area contributed by atoms with Crippen molar-refractivity contribution in [1.82, 2.24) is 25.2 Å². The molecule has 0 unspecified atom stereocenters. The van der Waals surface area contributed by atoms with Crippen LogP contribution in [0.25, 0.3) is 17.1 Å². The second-order valence-corrected chi connectivity index (χ2v) is 8.14. The standard InChI is InChI=1S/C25H24N6O2S/c1-3-33-22-13-11-21(12-14-22)31-24(19-8-5-4-6-9-19)29-30-25(31)34-17-23(32)28-27-18(2)20-10-7-15-26-16-20/h4-16H,3,17H2,1-2H3,(H,28,32). The average Bonchev–Trinajstić information content (AvgIpc) is 3.31. The van der Waals surface area contributed by atoms with Crippen molar-refractivity contribution in [1.29, 1.82) is 0 Å². The van der Waals surface area contributed by atoms with Crippen LogP contribution in [0.2, 0.25) is 0 Å². The van der Waals surface area contributed by atoms with Crippen molar-refractivity contribution in [2.45, 2.75) is 19.0 Å². The third kappa shape index (κ3) is 5.68. The summed E-state index contributed by atoms with van der Waals surface area (Å²) >= 11 is 1.29. The van der Waals surface area contributed by atoms with Crippen LogP contribution in [0.3, 0.4) is 0 Å². The van der Waals surface area contributed by atoms with Crippen molar-refractivity contribution in [3.05, 3.63) is 84.7 Å². The number of benzene rings is 2. The lowest BCUT2D eigenvalue weighted by molar-refractivity contribution is -0.118. The summed E-state index contributed by atoms with van der Waals surface area (Å²) in [6, 6.07) is 21.2. The van der Waals surface area contributed by atoms with Crippen molar-refractivity contribution in [2.24, 2.45) is 5.10 Å². The molecule has 34 heavy (non-hydrogen) atoms. The highest BCUT2D eigenvalue weighted by molar-refractivity contribution is 7.99. The molecule has 0 bridgehead atoms. The summed E-state index contributed by atoms with van der Waals surface area (Å²) in [5, 5.41) is 13.5. The molecule has 4 rings (SSSR count). The smallest absolute Gasteiger partial charge is 0.250 e. The Bertz CT molecular complexity index is 1260. The molecule has 9 heteroatoms. The van der Waals surface area contributed by atoms with E-state index in [-0.39, 0.29) is 11.7 Å². The molecule has 1 N–H and O–H groups in total. The van der Waals surface area contributed by atoms with Crippen molar-refractivity contribution in [2.75, 3.05) is 12.4 Å². The Hall–Kier alpha value is -3.98. The molecular formula is C25H24N6O2S. The van der Waals surface area contributed by atoms with E-state index >= 15 is 0 Å². The van der Waals surface area contributed by atoms with E-state index in [1.165, 1.54) is 11.8 Å². The van der Waals surface area contributed by atoms with Crippen LogP contribution in [0.15, 0.2) is 89.4 Å². The minimum atomic E-state index is -0.240. The lowest BCUT2D eigenvalue weighted by Gasteiger charge is -2.11. The quantitative estimate of drug-likeness (QED) is 0.221. The number of nitrogens with one attached hydrogen (secondary N) is 1. The molecule has 0 atom stereocenters. The van der Waals surface area contributed by atoms with Gasteiger partial charge in [0.05, 0.1) is 18.1 Å². The van der Waals surface area contributed by atoms with E-state index in [0.717, 1.165) is 22.6 Å². The average molecular weight is 473 g/mol. The first-order valence-corrected chi connectivity index (χ1v) is 11.7. The van der Waals surface area contributed by atoms with E-state index in [1.807, 2.05) is 85.1 Å². The molecule has 0 saturated heterocycles. The van der Waals surface area contributed by atoms with E-state index in [0.29, 0.717) is 23.3 Å². The molecule has 0 aliphatic rings. The Labute approximate surface area is 202 Å². The van der Waals surface area contributed by atoms with E-state index in [1.54, 1.807) is 12.4 Å². The second kappa shape index (κ2) is 11.2. The van der Waals surface area contributed by atoms with Gasteiger partial charge in [-0.1, -0.05) is 48.2 Å². The lowest BCUT2D eigenvalue weighted by Crippen LogP contribution is -2.21. The Morgan fingerprint density at radius 3 is 2.56 bits per heavy atom. The van der Waals surface area contributed by atoms with Gasteiger partial charge in [0.2, 0.25) is 0 Å². The van der Waals surface area contributed by atoms with Crippen LogP contribution in [-0.4, -0.2) is 43.7 Å². The number of nitrogens with zero attached hydrogens (tertiary/aromatic N) is 5. The van der Waals surface area contributed by atoms with Gasteiger partial charge in [-0.2, -0.15) is 5.10 Å². The number of ether oxygens (including phenoxy) is 1. The second-order valence-electron chi connectivity index (χ2n) is 7.20. The van der Waals surface area contributed by atoms with Crippen molar-refractivity contribution in [3.8, 4) is 22.8 Å². The van der Waals surface area contributed by atoms with Gasteiger partial charge in [0, 0.05) is 29.2 Å². The zero-order valence-corrected chi connectivity index (χ0v) is 19.7. The molecule has 2 heterocycles. The summed E-state index contributed by atoms with van der Waals surface area (Å²) in [5.41, 5.74) is 5.92. The Morgan fingerprint density at radius 1 is 1.06 bits per heavy atom. The first kappa shape index (κ1) is 23.2. The largest absolute Gasteiger partial charge is 0.494 e. The summed E-state index contributed by atoms with van der Waals surface area (Å²) in [6.07, 6.45) is 3.39. The van der Waals surface area contributed by atoms with Gasteiger partial charge in [0.25, 0.3) is 5.91 Å². The number of aromatic nitrogens is 4. The minimum absolute atomic E-state index is 0.133. The van der Waals surface area contributed by atoms with Crippen molar-refractivity contribution >= 4 is 23.4 Å². The molecule has 2 aromatic heterocycles. The van der Waals surface area contributed by atoms with Gasteiger partial charge in [-0.05, 0) is 44.2 Å².